The van der Waals surface area contributed by atoms with Crippen LogP contribution in [0.2, 0.25) is 0 Å². The van der Waals surface area contributed by atoms with Crippen LogP contribution in [0.1, 0.15) is 18.5 Å². The summed E-state index contributed by atoms with van der Waals surface area (Å²) in [6.45, 7) is 3.28. The molecule has 19 heavy (non-hydrogen) atoms. The van der Waals surface area contributed by atoms with Crippen molar-refractivity contribution in [3.63, 3.8) is 0 Å². The van der Waals surface area contributed by atoms with E-state index in [9.17, 15) is 4.39 Å². The van der Waals surface area contributed by atoms with Gasteiger partial charge in [-0.05, 0) is 41.1 Å². The summed E-state index contributed by atoms with van der Waals surface area (Å²) in [5.41, 5.74) is 7.62. The molecule has 0 saturated heterocycles. The summed E-state index contributed by atoms with van der Waals surface area (Å²) >= 11 is 3.17. The van der Waals surface area contributed by atoms with Crippen LogP contribution in [0.5, 0.6) is 0 Å². The van der Waals surface area contributed by atoms with Crippen LogP contribution in [0.3, 0.4) is 0 Å². The molecule has 1 heterocycles. The summed E-state index contributed by atoms with van der Waals surface area (Å²) in [4.78, 5) is 0. The first kappa shape index (κ1) is 14.0. The Kier molecular flexibility index (Phi) is 4.55. The van der Waals surface area contributed by atoms with Crippen LogP contribution in [0.15, 0.2) is 35.1 Å². The van der Waals surface area contributed by atoms with Crippen LogP contribution in [-0.4, -0.2) is 16.3 Å². The van der Waals surface area contributed by atoms with Crippen molar-refractivity contribution in [2.45, 2.75) is 19.5 Å². The molecule has 0 bridgehead atoms. The largest absolute Gasteiger partial charge is 0.377 e. The normalized spacial score (nSPS) is 12.4. The van der Waals surface area contributed by atoms with Gasteiger partial charge in [-0.3, -0.25) is 4.68 Å². The maximum Gasteiger partial charge on any atom is 0.137 e. The van der Waals surface area contributed by atoms with E-state index in [0.717, 1.165) is 17.8 Å². The second kappa shape index (κ2) is 6.16. The average molecular weight is 327 g/mol. The van der Waals surface area contributed by atoms with Gasteiger partial charge in [0.05, 0.1) is 16.7 Å². The van der Waals surface area contributed by atoms with Gasteiger partial charge < -0.3 is 11.1 Å². The molecule has 6 heteroatoms. The van der Waals surface area contributed by atoms with Crippen molar-refractivity contribution in [2.24, 2.45) is 5.73 Å². The first-order chi connectivity index (χ1) is 9.13. The average Bonchev–Trinajstić information content (AvgIpc) is 2.88. The predicted molar refractivity (Wildman–Crippen MR) is 77.4 cm³/mol. The molecule has 0 aliphatic heterocycles. The Morgan fingerprint density at radius 3 is 2.89 bits per heavy atom. The molecule has 102 valence electrons. The van der Waals surface area contributed by atoms with Gasteiger partial charge in [0.2, 0.25) is 0 Å². The van der Waals surface area contributed by atoms with E-state index in [1.807, 2.05) is 17.8 Å². The summed E-state index contributed by atoms with van der Waals surface area (Å²) in [5.74, 6) is -0.284. The van der Waals surface area contributed by atoms with E-state index in [0.29, 0.717) is 11.0 Å². The molecule has 0 amide bonds. The van der Waals surface area contributed by atoms with Crippen LogP contribution >= 0.6 is 15.9 Å². The number of halogens is 2. The predicted octanol–water partition coefficient (Wildman–Crippen LogP) is 2.92. The van der Waals surface area contributed by atoms with Gasteiger partial charge in [-0.2, -0.15) is 5.10 Å². The van der Waals surface area contributed by atoms with Crippen molar-refractivity contribution < 1.29 is 4.39 Å². The van der Waals surface area contributed by atoms with E-state index in [1.165, 1.54) is 6.07 Å². The molecule has 4 nitrogen and oxygen atoms in total. The third-order valence-corrected chi connectivity index (χ3v) is 3.48. The molecule has 1 aromatic carbocycles. The summed E-state index contributed by atoms with van der Waals surface area (Å²) in [7, 11) is 0. The zero-order valence-corrected chi connectivity index (χ0v) is 12.2. The topological polar surface area (TPSA) is 55.9 Å². The molecule has 0 aliphatic rings. The highest BCUT2D eigenvalue weighted by Gasteiger charge is 2.12. The molecule has 1 aromatic heterocycles. The summed E-state index contributed by atoms with van der Waals surface area (Å²) in [6, 6.07) is 4.75. The highest BCUT2D eigenvalue weighted by molar-refractivity contribution is 9.10. The molecule has 0 aliphatic carbocycles. The number of aryl methyl sites for hydroxylation is 1. The highest BCUT2D eigenvalue weighted by Crippen LogP contribution is 2.23. The Balaban J connectivity index is 2.16. The first-order valence-electron chi connectivity index (χ1n) is 6.08. The third-order valence-electron chi connectivity index (χ3n) is 2.88. The van der Waals surface area contributed by atoms with Gasteiger partial charge in [0.25, 0.3) is 0 Å². The molecule has 0 spiro atoms. The van der Waals surface area contributed by atoms with Gasteiger partial charge in [-0.15, -0.1) is 0 Å². The van der Waals surface area contributed by atoms with E-state index >= 15 is 0 Å². The first-order valence-corrected chi connectivity index (χ1v) is 6.87. The summed E-state index contributed by atoms with van der Waals surface area (Å²) in [6.07, 6.45) is 3.76. The minimum Gasteiger partial charge on any atom is -0.377 e. The van der Waals surface area contributed by atoms with Crippen molar-refractivity contribution in [1.29, 1.82) is 0 Å². The van der Waals surface area contributed by atoms with Gasteiger partial charge in [-0.1, -0.05) is 0 Å². The number of benzene rings is 1. The van der Waals surface area contributed by atoms with E-state index in [-0.39, 0.29) is 11.9 Å². The van der Waals surface area contributed by atoms with Gasteiger partial charge in [0, 0.05) is 30.5 Å². The number of hydrogen-bond donors (Lipinski definition) is 2. The Labute approximate surface area is 119 Å². The number of aromatic nitrogens is 2. The minimum absolute atomic E-state index is 0.0438. The molecular weight excluding hydrogens is 311 g/mol. The Morgan fingerprint density at radius 2 is 2.32 bits per heavy atom. The molecule has 2 rings (SSSR count). The van der Waals surface area contributed by atoms with Crippen molar-refractivity contribution >= 4 is 21.6 Å². The summed E-state index contributed by atoms with van der Waals surface area (Å²) in [5, 5.41) is 7.50. The van der Waals surface area contributed by atoms with E-state index in [1.54, 1.807) is 18.3 Å². The maximum atomic E-state index is 13.2. The van der Waals surface area contributed by atoms with Crippen molar-refractivity contribution in [3.8, 4) is 0 Å². The second-order valence-corrected chi connectivity index (χ2v) is 5.05. The number of nitrogens with zero attached hydrogens (tertiary/aromatic N) is 2. The van der Waals surface area contributed by atoms with Gasteiger partial charge in [-0.25, -0.2) is 4.39 Å². The molecule has 2 aromatic rings. The lowest BCUT2D eigenvalue weighted by atomic mass is 10.1. The number of rotatable bonds is 5. The van der Waals surface area contributed by atoms with Crippen LogP contribution in [0, 0.1) is 5.82 Å². The SMILES string of the molecule is CCn1cc(C(CN)Nc2ccc(F)c(Br)c2)cn1. The number of nitrogens with two attached hydrogens (primary N) is 1. The number of nitrogens with one attached hydrogen (secondary N) is 1. The highest BCUT2D eigenvalue weighted by atomic mass is 79.9. The molecule has 0 radical (unpaired) electrons. The molecule has 0 fully saturated rings. The van der Waals surface area contributed by atoms with Crippen LogP contribution in [0.4, 0.5) is 10.1 Å². The fourth-order valence-corrected chi connectivity index (χ4v) is 2.18. The van der Waals surface area contributed by atoms with Gasteiger partial charge in [0.15, 0.2) is 0 Å². The molecule has 0 saturated carbocycles. The second-order valence-electron chi connectivity index (χ2n) is 4.19. The Morgan fingerprint density at radius 1 is 1.53 bits per heavy atom. The molecule has 1 atom stereocenters. The van der Waals surface area contributed by atoms with Crippen molar-refractivity contribution in [3.05, 3.63) is 46.4 Å². The zero-order valence-electron chi connectivity index (χ0n) is 10.6. The van der Waals surface area contributed by atoms with Crippen LogP contribution in [-0.2, 0) is 6.54 Å². The summed E-state index contributed by atoms with van der Waals surface area (Å²) < 4.78 is 15.5. The lowest BCUT2D eigenvalue weighted by Crippen LogP contribution is -2.20. The lowest BCUT2D eigenvalue weighted by Gasteiger charge is -2.17. The molecule has 3 N–H and O–H groups in total. The van der Waals surface area contributed by atoms with Gasteiger partial charge >= 0.3 is 0 Å². The molecular formula is C13H16BrFN4. The maximum absolute atomic E-state index is 13.2. The minimum atomic E-state index is -0.284. The monoisotopic (exact) mass is 326 g/mol. The van der Waals surface area contributed by atoms with Crippen LogP contribution in [0.25, 0.3) is 0 Å². The standard InChI is InChI=1S/C13H16BrFN4/c1-2-19-8-9(7-17-19)13(6-16)18-10-3-4-12(15)11(14)5-10/h3-5,7-8,13,18H,2,6,16H2,1H3. The lowest BCUT2D eigenvalue weighted by molar-refractivity contribution is 0.621. The van der Waals surface area contributed by atoms with E-state index < -0.39 is 0 Å². The van der Waals surface area contributed by atoms with E-state index in [2.05, 4.69) is 26.3 Å². The van der Waals surface area contributed by atoms with Crippen LogP contribution < -0.4 is 11.1 Å². The van der Waals surface area contributed by atoms with E-state index in [4.69, 9.17) is 5.73 Å². The quantitative estimate of drug-likeness (QED) is 0.888. The number of anilines is 1. The number of hydrogen-bond acceptors (Lipinski definition) is 3. The van der Waals surface area contributed by atoms with Gasteiger partial charge in [0.1, 0.15) is 5.82 Å². The zero-order chi connectivity index (χ0) is 13.8. The van der Waals surface area contributed by atoms with Crippen molar-refractivity contribution in [1.82, 2.24) is 9.78 Å². The Bertz CT molecular complexity index is 555. The Hall–Kier alpha value is -1.40. The molecule has 1 unspecified atom stereocenters. The fraction of sp³-hybridized carbons (Fsp3) is 0.308. The fourth-order valence-electron chi connectivity index (χ4n) is 1.80. The smallest absolute Gasteiger partial charge is 0.137 e. The van der Waals surface area contributed by atoms with Crippen molar-refractivity contribution in [2.75, 3.05) is 11.9 Å². The third kappa shape index (κ3) is 3.33.